The molecule has 1 heterocycles. The largest absolute Gasteiger partial charge is 0.369 e. The van der Waals surface area contributed by atoms with E-state index < -0.39 is 10.0 Å². The molecule has 34 heavy (non-hydrogen) atoms. The fourth-order valence-corrected chi connectivity index (χ4v) is 5.47. The Morgan fingerprint density at radius 3 is 2.41 bits per heavy atom. The lowest BCUT2D eigenvalue weighted by Crippen LogP contribution is -2.46. The van der Waals surface area contributed by atoms with Crippen LogP contribution in [0.4, 0.5) is 5.69 Å². The molecule has 2 aromatic rings. The number of carbonyl (C=O) groups excluding carboxylic acids is 1. The van der Waals surface area contributed by atoms with Gasteiger partial charge in [-0.3, -0.25) is 9.69 Å². The van der Waals surface area contributed by atoms with Crippen molar-refractivity contribution in [3.63, 3.8) is 0 Å². The van der Waals surface area contributed by atoms with Gasteiger partial charge in [-0.15, -0.1) is 0 Å². The summed E-state index contributed by atoms with van der Waals surface area (Å²) in [5.41, 5.74) is 2.96. The molecule has 1 saturated heterocycles. The van der Waals surface area contributed by atoms with Crippen LogP contribution in [-0.2, 0) is 10.0 Å². The molecule has 1 N–H and O–H groups in total. The molecule has 1 aliphatic heterocycles. The van der Waals surface area contributed by atoms with Gasteiger partial charge in [0.05, 0.1) is 4.90 Å². The highest BCUT2D eigenvalue weighted by molar-refractivity contribution is 7.89. The zero-order chi connectivity index (χ0) is 24.7. The highest BCUT2D eigenvalue weighted by atomic mass is 32.2. The summed E-state index contributed by atoms with van der Waals surface area (Å²) in [5.74, 6) is -0.240. The molecule has 7 nitrogen and oxygen atoms in total. The molecule has 3 rings (SSSR count). The Labute approximate surface area is 204 Å². The molecule has 2 aromatic carbocycles. The van der Waals surface area contributed by atoms with Crippen LogP contribution < -0.4 is 10.2 Å². The molecule has 0 bridgehead atoms. The number of unbranched alkanes of at least 4 members (excludes halogenated alkanes) is 1. The van der Waals surface area contributed by atoms with Crippen LogP contribution in [0.2, 0.25) is 0 Å². The van der Waals surface area contributed by atoms with Gasteiger partial charge in [0.25, 0.3) is 5.91 Å². The Balaban J connectivity index is 1.39. The van der Waals surface area contributed by atoms with E-state index in [9.17, 15) is 13.2 Å². The summed E-state index contributed by atoms with van der Waals surface area (Å²) in [5, 5.41) is 2.93. The van der Waals surface area contributed by atoms with Crippen molar-refractivity contribution in [2.45, 2.75) is 44.6 Å². The minimum absolute atomic E-state index is 0.140. The maximum absolute atomic E-state index is 12.7. The maximum atomic E-state index is 12.7. The number of amides is 1. The van der Waals surface area contributed by atoms with Crippen molar-refractivity contribution in [2.75, 3.05) is 51.2 Å². The number of aryl methyl sites for hydroxylation is 1. The van der Waals surface area contributed by atoms with E-state index >= 15 is 0 Å². The van der Waals surface area contributed by atoms with Crippen LogP contribution in [0, 0.1) is 6.92 Å². The van der Waals surface area contributed by atoms with Gasteiger partial charge in [0.1, 0.15) is 0 Å². The van der Waals surface area contributed by atoms with E-state index in [0.29, 0.717) is 12.1 Å². The molecule has 1 aliphatic rings. The lowest BCUT2D eigenvalue weighted by molar-refractivity contribution is 0.0952. The molecule has 8 heteroatoms. The number of rotatable bonds is 10. The zero-order valence-electron chi connectivity index (χ0n) is 20.8. The minimum Gasteiger partial charge on any atom is -0.369 e. The Morgan fingerprint density at radius 2 is 1.74 bits per heavy atom. The fourth-order valence-electron chi connectivity index (χ4n) is 4.06. The summed E-state index contributed by atoms with van der Waals surface area (Å²) in [7, 11) is -2.06. The first kappa shape index (κ1) is 26.2. The third-order valence-corrected chi connectivity index (χ3v) is 8.46. The van der Waals surface area contributed by atoms with Crippen molar-refractivity contribution in [2.24, 2.45) is 0 Å². The van der Waals surface area contributed by atoms with Gasteiger partial charge in [-0.25, -0.2) is 8.42 Å². The SMILES string of the molecule is Cc1cccc(N2CCN(CCCCNC(=O)c3cccc(S(=O)(=O)N(C)C(C)C)c3)CC2)c1. The van der Waals surface area contributed by atoms with Crippen molar-refractivity contribution in [3.05, 3.63) is 59.7 Å². The minimum atomic E-state index is -3.62. The summed E-state index contributed by atoms with van der Waals surface area (Å²) >= 11 is 0. The first-order chi connectivity index (χ1) is 16.2. The predicted molar refractivity (Wildman–Crippen MR) is 138 cm³/mol. The molecule has 0 atom stereocenters. The molecule has 1 fully saturated rings. The van der Waals surface area contributed by atoms with Crippen molar-refractivity contribution in [3.8, 4) is 0 Å². The van der Waals surface area contributed by atoms with Crippen molar-refractivity contribution in [1.29, 1.82) is 0 Å². The third kappa shape index (κ3) is 6.81. The summed E-state index contributed by atoms with van der Waals surface area (Å²) in [4.78, 5) is 17.6. The van der Waals surface area contributed by atoms with Gasteiger partial charge in [0.15, 0.2) is 0 Å². The van der Waals surface area contributed by atoms with Crippen LogP contribution in [0.15, 0.2) is 53.4 Å². The van der Waals surface area contributed by atoms with Gasteiger partial charge in [0.2, 0.25) is 10.0 Å². The van der Waals surface area contributed by atoms with Crippen LogP contribution >= 0.6 is 0 Å². The molecule has 0 unspecified atom stereocenters. The van der Waals surface area contributed by atoms with E-state index in [-0.39, 0.29) is 16.8 Å². The number of piperazine rings is 1. The number of nitrogens with zero attached hydrogens (tertiary/aromatic N) is 3. The lowest BCUT2D eigenvalue weighted by atomic mass is 10.2. The Bertz CT molecular complexity index is 1060. The lowest BCUT2D eigenvalue weighted by Gasteiger charge is -2.36. The number of carbonyl (C=O) groups is 1. The quantitative estimate of drug-likeness (QED) is 0.522. The topological polar surface area (TPSA) is 73.0 Å². The van der Waals surface area contributed by atoms with Crippen LogP contribution in [0.5, 0.6) is 0 Å². The van der Waals surface area contributed by atoms with Crippen molar-refractivity contribution >= 4 is 21.6 Å². The van der Waals surface area contributed by atoms with Crippen LogP contribution in [0.3, 0.4) is 0 Å². The van der Waals surface area contributed by atoms with Gasteiger partial charge < -0.3 is 10.2 Å². The molecule has 186 valence electrons. The van der Waals surface area contributed by atoms with Gasteiger partial charge >= 0.3 is 0 Å². The first-order valence-corrected chi connectivity index (χ1v) is 13.5. The number of hydrogen-bond acceptors (Lipinski definition) is 5. The zero-order valence-corrected chi connectivity index (χ0v) is 21.6. The summed E-state index contributed by atoms with van der Waals surface area (Å²) in [6.07, 6.45) is 1.90. The number of anilines is 1. The van der Waals surface area contributed by atoms with Crippen LogP contribution in [0.25, 0.3) is 0 Å². The standard InChI is InChI=1S/C26H38N4O3S/c1-21(2)28(4)34(32,33)25-12-8-10-23(20-25)26(31)27-13-5-6-14-29-15-17-30(18-16-29)24-11-7-9-22(3)19-24/h7-12,19-21H,5-6,13-18H2,1-4H3,(H,27,31). The summed E-state index contributed by atoms with van der Waals surface area (Å²) in [6.45, 7) is 11.5. The van der Waals surface area contributed by atoms with E-state index in [1.54, 1.807) is 19.2 Å². The normalized spacial score (nSPS) is 15.2. The molecule has 0 saturated carbocycles. The number of hydrogen-bond donors (Lipinski definition) is 1. The van der Waals surface area contributed by atoms with Crippen LogP contribution in [-0.4, -0.2) is 75.9 Å². The van der Waals surface area contributed by atoms with Crippen molar-refractivity contribution < 1.29 is 13.2 Å². The number of nitrogens with one attached hydrogen (secondary N) is 1. The molecule has 0 radical (unpaired) electrons. The molecule has 0 aromatic heterocycles. The molecular weight excluding hydrogens is 448 g/mol. The maximum Gasteiger partial charge on any atom is 0.251 e. The van der Waals surface area contributed by atoms with Crippen molar-refractivity contribution in [1.82, 2.24) is 14.5 Å². The number of sulfonamides is 1. The monoisotopic (exact) mass is 486 g/mol. The third-order valence-electron chi connectivity index (χ3n) is 6.43. The average Bonchev–Trinajstić information content (AvgIpc) is 2.83. The Hall–Kier alpha value is -2.42. The molecule has 0 spiro atoms. The van der Waals surface area contributed by atoms with Gasteiger partial charge in [-0.1, -0.05) is 18.2 Å². The van der Waals surface area contributed by atoms with Gasteiger partial charge in [-0.05, 0) is 76.1 Å². The summed E-state index contributed by atoms with van der Waals surface area (Å²) in [6, 6.07) is 14.8. The van der Waals surface area contributed by atoms with E-state index in [4.69, 9.17) is 0 Å². The second-order valence-corrected chi connectivity index (χ2v) is 11.3. The average molecular weight is 487 g/mol. The van der Waals surface area contributed by atoms with Gasteiger partial charge in [0, 0.05) is 57.1 Å². The fraction of sp³-hybridized carbons (Fsp3) is 0.500. The van der Waals surface area contributed by atoms with E-state index in [2.05, 4.69) is 46.3 Å². The Kier molecular flexibility index (Phi) is 9.10. The van der Waals surface area contributed by atoms with Gasteiger partial charge in [-0.2, -0.15) is 4.31 Å². The second kappa shape index (κ2) is 11.8. The number of benzene rings is 2. The highest BCUT2D eigenvalue weighted by Gasteiger charge is 2.24. The smallest absolute Gasteiger partial charge is 0.251 e. The predicted octanol–water partition coefficient (Wildman–Crippen LogP) is 3.36. The van der Waals surface area contributed by atoms with E-state index in [1.165, 1.54) is 27.7 Å². The van der Waals surface area contributed by atoms with Crippen LogP contribution in [0.1, 0.15) is 42.6 Å². The van der Waals surface area contributed by atoms with E-state index in [1.807, 2.05) is 13.8 Å². The molecule has 1 amide bonds. The molecular formula is C26H38N4O3S. The van der Waals surface area contributed by atoms with E-state index in [0.717, 1.165) is 45.6 Å². The summed E-state index contributed by atoms with van der Waals surface area (Å²) < 4.78 is 26.7. The second-order valence-electron chi connectivity index (χ2n) is 9.27. The first-order valence-electron chi connectivity index (χ1n) is 12.1. The highest BCUT2D eigenvalue weighted by Crippen LogP contribution is 2.19. The Morgan fingerprint density at radius 1 is 1.03 bits per heavy atom. The molecule has 0 aliphatic carbocycles.